The van der Waals surface area contributed by atoms with Crippen LogP contribution in [0.1, 0.15) is 38.3 Å². The zero-order valence-corrected chi connectivity index (χ0v) is 9.08. The van der Waals surface area contributed by atoms with Gasteiger partial charge in [0.1, 0.15) is 0 Å². The number of aromatic nitrogens is 2. The van der Waals surface area contributed by atoms with E-state index < -0.39 is 0 Å². The molecule has 0 atom stereocenters. The summed E-state index contributed by atoms with van der Waals surface area (Å²) in [7, 11) is 2.01. The van der Waals surface area contributed by atoms with E-state index in [2.05, 4.69) is 17.3 Å². The van der Waals surface area contributed by atoms with E-state index in [1.165, 1.54) is 37.1 Å². The number of hydrogen-bond acceptors (Lipinski definition) is 2. The molecule has 2 rings (SSSR count). The van der Waals surface area contributed by atoms with Gasteiger partial charge in [-0.25, -0.2) is 0 Å². The van der Waals surface area contributed by atoms with Gasteiger partial charge in [0, 0.05) is 13.1 Å². The maximum absolute atomic E-state index is 4.28. The predicted octanol–water partition coefficient (Wildman–Crippen LogP) is 2.34. The monoisotopic (exact) mass is 193 g/mol. The predicted molar refractivity (Wildman–Crippen MR) is 58.5 cm³/mol. The molecule has 0 bridgehead atoms. The largest absolute Gasteiger partial charge is 0.380 e. The van der Waals surface area contributed by atoms with Crippen LogP contribution in [0.5, 0.6) is 0 Å². The van der Waals surface area contributed by atoms with E-state index in [0.717, 1.165) is 6.42 Å². The molecule has 1 aromatic heterocycles. The topological polar surface area (TPSA) is 29.9 Å². The van der Waals surface area contributed by atoms with Gasteiger partial charge in [-0.15, -0.1) is 0 Å². The summed E-state index contributed by atoms with van der Waals surface area (Å²) in [5, 5.41) is 7.88. The fourth-order valence-corrected chi connectivity index (χ4v) is 2.29. The van der Waals surface area contributed by atoms with Crippen molar-refractivity contribution in [2.45, 2.75) is 45.1 Å². The number of rotatable bonds is 3. The number of nitrogens with zero attached hydrogens (tertiary/aromatic N) is 2. The number of anilines is 1. The molecule has 0 unspecified atom stereocenters. The Morgan fingerprint density at radius 2 is 2.21 bits per heavy atom. The molecule has 1 saturated carbocycles. The Labute approximate surface area is 85.5 Å². The van der Waals surface area contributed by atoms with Gasteiger partial charge in [-0.2, -0.15) is 5.10 Å². The van der Waals surface area contributed by atoms with E-state index in [1.807, 2.05) is 17.9 Å². The second-order valence-corrected chi connectivity index (χ2v) is 4.11. The third-order valence-corrected chi connectivity index (χ3v) is 3.11. The lowest BCUT2D eigenvalue weighted by molar-refractivity contribution is 0.714. The summed E-state index contributed by atoms with van der Waals surface area (Å²) in [5.41, 5.74) is 2.55. The van der Waals surface area contributed by atoms with Gasteiger partial charge in [0.2, 0.25) is 0 Å². The smallest absolute Gasteiger partial charge is 0.0761 e. The van der Waals surface area contributed by atoms with Crippen molar-refractivity contribution in [1.82, 2.24) is 9.78 Å². The maximum atomic E-state index is 4.28. The molecule has 3 nitrogen and oxygen atoms in total. The second kappa shape index (κ2) is 4.03. The molecule has 1 aliphatic carbocycles. The fourth-order valence-electron chi connectivity index (χ4n) is 2.29. The van der Waals surface area contributed by atoms with Gasteiger partial charge in [-0.05, 0) is 19.3 Å². The fraction of sp³-hybridized carbons (Fsp3) is 0.727. The molecule has 3 heteroatoms. The first kappa shape index (κ1) is 9.56. The summed E-state index contributed by atoms with van der Waals surface area (Å²) < 4.78 is 1.97. The van der Waals surface area contributed by atoms with Crippen LogP contribution in [0.25, 0.3) is 0 Å². The highest BCUT2D eigenvalue weighted by Crippen LogP contribution is 2.24. The molecular weight excluding hydrogens is 174 g/mol. The Balaban J connectivity index is 2.07. The van der Waals surface area contributed by atoms with Crippen molar-refractivity contribution in [3.8, 4) is 0 Å². The lowest BCUT2D eigenvalue weighted by atomic mass is 10.2. The lowest BCUT2D eigenvalue weighted by Crippen LogP contribution is -2.15. The molecular formula is C11H19N3. The van der Waals surface area contributed by atoms with E-state index in [9.17, 15) is 0 Å². The van der Waals surface area contributed by atoms with E-state index in [1.54, 1.807) is 0 Å². The van der Waals surface area contributed by atoms with Crippen LogP contribution in [0.15, 0.2) is 6.20 Å². The maximum Gasteiger partial charge on any atom is 0.0761 e. The Hall–Kier alpha value is -0.990. The first-order chi connectivity index (χ1) is 6.81. The molecule has 0 amide bonds. The minimum absolute atomic E-state index is 0.685. The summed E-state index contributed by atoms with van der Waals surface area (Å²) in [6, 6.07) is 0.685. The van der Waals surface area contributed by atoms with Crippen LogP contribution < -0.4 is 5.32 Å². The zero-order valence-electron chi connectivity index (χ0n) is 9.08. The minimum atomic E-state index is 0.685. The average Bonchev–Trinajstić information content (AvgIpc) is 2.77. The van der Waals surface area contributed by atoms with E-state index >= 15 is 0 Å². The minimum Gasteiger partial charge on any atom is -0.380 e. The van der Waals surface area contributed by atoms with Gasteiger partial charge < -0.3 is 5.32 Å². The first-order valence-corrected chi connectivity index (χ1v) is 5.58. The van der Waals surface area contributed by atoms with Crippen molar-refractivity contribution in [3.63, 3.8) is 0 Å². The van der Waals surface area contributed by atoms with Gasteiger partial charge in [0.05, 0.1) is 17.6 Å². The van der Waals surface area contributed by atoms with Gasteiger partial charge in [-0.3, -0.25) is 4.68 Å². The van der Waals surface area contributed by atoms with Gasteiger partial charge in [0.25, 0.3) is 0 Å². The Morgan fingerprint density at radius 3 is 2.86 bits per heavy atom. The van der Waals surface area contributed by atoms with Crippen molar-refractivity contribution in [2.24, 2.45) is 7.05 Å². The van der Waals surface area contributed by atoms with Gasteiger partial charge in [-0.1, -0.05) is 19.8 Å². The summed E-state index contributed by atoms with van der Waals surface area (Å²) in [5.74, 6) is 0. The summed E-state index contributed by atoms with van der Waals surface area (Å²) in [4.78, 5) is 0. The van der Waals surface area contributed by atoms with Gasteiger partial charge >= 0.3 is 0 Å². The van der Waals surface area contributed by atoms with Crippen LogP contribution in [-0.2, 0) is 13.5 Å². The molecule has 1 heterocycles. The molecule has 14 heavy (non-hydrogen) atoms. The highest BCUT2D eigenvalue weighted by Gasteiger charge is 2.16. The SMILES string of the molecule is CCc1c(NC2CCCC2)cnn1C. The van der Waals surface area contributed by atoms with Crippen LogP contribution in [0.4, 0.5) is 5.69 Å². The molecule has 1 aliphatic rings. The number of aryl methyl sites for hydroxylation is 1. The van der Waals surface area contributed by atoms with Crippen molar-refractivity contribution in [2.75, 3.05) is 5.32 Å². The van der Waals surface area contributed by atoms with Crippen LogP contribution in [0.2, 0.25) is 0 Å². The van der Waals surface area contributed by atoms with Crippen LogP contribution in [0, 0.1) is 0 Å². The average molecular weight is 193 g/mol. The van der Waals surface area contributed by atoms with Gasteiger partial charge in [0.15, 0.2) is 0 Å². The Bertz CT molecular complexity index is 297. The standard InChI is InChI=1S/C11H19N3/c1-3-11-10(8-12-14(11)2)13-9-6-4-5-7-9/h8-9,13H,3-7H2,1-2H3. The molecule has 0 aromatic carbocycles. The molecule has 0 aliphatic heterocycles. The summed E-state index contributed by atoms with van der Waals surface area (Å²) >= 11 is 0. The van der Waals surface area contributed by atoms with Crippen molar-refractivity contribution in [1.29, 1.82) is 0 Å². The third kappa shape index (κ3) is 1.76. The Morgan fingerprint density at radius 1 is 1.50 bits per heavy atom. The molecule has 1 fully saturated rings. The van der Waals surface area contributed by atoms with E-state index in [4.69, 9.17) is 0 Å². The normalized spacial score (nSPS) is 17.6. The van der Waals surface area contributed by atoms with Crippen LogP contribution in [0.3, 0.4) is 0 Å². The van der Waals surface area contributed by atoms with E-state index in [-0.39, 0.29) is 0 Å². The summed E-state index contributed by atoms with van der Waals surface area (Å²) in [6.07, 6.45) is 8.39. The molecule has 0 spiro atoms. The number of hydrogen-bond donors (Lipinski definition) is 1. The molecule has 0 radical (unpaired) electrons. The van der Waals surface area contributed by atoms with Crippen molar-refractivity contribution < 1.29 is 0 Å². The van der Waals surface area contributed by atoms with Crippen LogP contribution >= 0.6 is 0 Å². The summed E-state index contributed by atoms with van der Waals surface area (Å²) in [6.45, 7) is 2.18. The van der Waals surface area contributed by atoms with Crippen molar-refractivity contribution in [3.05, 3.63) is 11.9 Å². The van der Waals surface area contributed by atoms with Crippen molar-refractivity contribution >= 4 is 5.69 Å². The second-order valence-electron chi connectivity index (χ2n) is 4.11. The highest BCUT2D eigenvalue weighted by molar-refractivity contribution is 5.47. The van der Waals surface area contributed by atoms with E-state index in [0.29, 0.717) is 6.04 Å². The number of nitrogens with one attached hydrogen (secondary N) is 1. The zero-order chi connectivity index (χ0) is 9.97. The molecule has 78 valence electrons. The third-order valence-electron chi connectivity index (χ3n) is 3.11. The highest BCUT2D eigenvalue weighted by atomic mass is 15.3. The first-order valence-electron chi connectivity index (χ1n) is 5.58. The Kier molecular flexibility index (Phi) is 2.75. The lowest BCUT2D eigenvalue weighted by Gasteiger charge is -2.13. The van der Waals surface area contributed by atoms with Crippen LogP contribution in [-0.4, -0.2) is 15.8 Å². The molecule has 1 N–H and O–H groups in total. The molecule has 1 aromatic rings. The molecule has 0 saturated heterocycles. The quantitative estimate of drug-likeness (QED) is 0.798.